The Bertz CT molecular complexity index is 1500. The van der Waals surface area contributed by atoms with Crippen LogP contribution in [0.1, 0.15) is 5.56 Å². The highest BCUT2D eigenvalue weighted by Gasteiger charge is 2.14. The minimum atomic E-state index is -0.500. The summed E-state index contributed by atoms with van der Waals surface area (Å²) in [4.78, 5) is 32.7. The Balaban J connectivity index is 1.53. The molecule has 3 aromatic carbocycles. The van der Waals surface area contributed by atoms with Gasteiger partial charge in [-0.25, -0.2) is 4.79 Å². The van der Waals surface area contributed by atoms with Gasteiger partial charge >= 0.3 is 5.69 Å². The highest BCUT2D eigenvalue weighted by atomic mass is 35.5. The molecule has 0 unspecified atom stereocenters. The van der Waals surface area contributed by atoms with Gasteiger partial charge in [-0.3, -0.25) is 9.36 Å². The van der Waals surface area contributed by atoms with E-state index in [1.54, 1.807) is 42.5 Å². The summed E-state index contributed by atoms with van der Waals surface area (Å²) in [6.07, 6.45) is 0. The largest absolute Gasteiger partial charge is 0.334 e. The average molecular weight is 431 g/mol. The lowest BCUT2D eigenvalue weighted by atomic mass is 10.1. The number of hydrogen-bond donors (Lipinski definition) is 1. The third kappa shape index (κ3) is 3.67. The molecule has 8 heteroatoms. The molecule has 0 aliphatic carbocycles. The Hall–Kier alpha value is -3.97. The quantitative estimate of drug-likeness (QED) is 0.463. The normalized spacial score (nSPS) is 11.1. The highest BCUT2D eigenvalue weighted by molar-refractivity contribution is 6.30. The standard InChI is InChI=1S/C23H15ClN4O3/c24-17-9-6-14(7-10-17)13-28-22(29)18-11-8-16(12-19(18)25-23(28)30)21-26-20(27-31-21)15-4-2-1-3-5-15/h1-12H,13H2,(H,25,30). The molecular weight excluding hydrogens is 416 g/mol. The molecule has 0 fully saturated rings. The van der Waals surface area contributed by atoms with Gasteiger partial charge in [0.2, 0.25) is 5.82 Å². The van der Waals surface area contributed by atoms with Crippen LogP contribution < -0.4 is 11.2 Å². The Morgan fingerprint density at radius 3 is 2.48 bits per heavy atom. The van der Waals surface area contributed by atoms with E-state index in [0.717, 1.165) is 15.7 Å². The average Bonchev–Trinajstić information content (AvgIpc) is 3.28. The summed E-state index contributed by atoms with van der Waals surface area (Å²) in [6.45, 7) is 0.146. The van der Waals surface area contributed by atoms with Crippen molar-refractivity contribution in [3.8, 4) is 22.8 Å². The van der Waals surface area contributed by atoms with Crippen molar-refractivity contribution in [1.29, 1.82) is 0 Å². The maximum absolute atomic E-state index is 12.9. The van der Waals surface area contributed by atoms with E-state index in [1.165, 1.54) is 0 Å². The summed E-state index contributed by atoms with van der Waals surface area (Å²) in [7, 11) is 0. The lowest BCUT2D eigenvalue weighted by Crippen LogP contribution is -2.35. The summed E-state index contributed by atoms with van der Waals surface area (Å²) < 4.78 is 6.54. The molecule has 5 rings (SSSR count). The Kier molecular flexibility index (Phi) is 4.72. The topological polar surface area (TPSA) is 93.8 Å². The zero-order chi connectivity index (χ0) is 21.4. The van der Waals surface area contributed by atoms with Crippen molar-refractivity contribution in [3.05, 3.63) is 104 Å². The number of nitrogens with one attached hydrogen (secondary N) is 1. The van der Waals surface area contributed by atoms with Crippen LogP contribution in [0.15, 0.2) is 86.9 Å². The molecule has 0 saturated heterocycles. The summed E-state index contributed by atoms with van der Waals surface area (Å²) in [5.41, 5.74) is 1.76. The lowest BCUT2D eigenvalue weighted by molar-refractivity contribution is 0.432. The van der Waals surface area contributed by atoms with Gasteiger partial charge in [0.05, 0.1) is 17.4 Å². The number of hydrogen-bond acceptors (Lipinski definition) is 5. The number of H-pyrrole nitrogens is 1. The second kappa shape index (κ2) is 7.70. The molecule has 0 saturated carbocycles. The van der Waals surface area contributed by atoms with Gasteiger partial charge in [0.1, 0.15) is 0 Å². The molecule has 0 atom stereocenters. The van der Waals surface area contributed by atoms with Gasteiger partial charge in [-0.15, -0.1) is 0 Å². The van der Waals surface area contributed by atoms with E-state index in [-0.39, 0.29) is 12.1 Å². The first-order valence-electron chi connectivity index (χ1n) is 9.49. The summed E-state index contributed by atoms with van der Waals surface area (Å²) >= 11 is 5.90. The molecule has 0 bridgehead atoms. The molecular formula is C23H15ClN4O3. The predicted molar refractivity (Wildman–Crippen MR) is 118 cm³/mol. The predicted octanol–water partition coefficient (Wildman–Crippen LogP) is 4.11. The van der Waals surface area contributed by atoms with E-state index < -0.39 is 5.69 Å². The summed E-state index contributed by atoms with van der Waals surface area (Å²) in [6, 6.07) is 21.5. The fourth-order valence-corrected chi connectivity index (χ4v) is 3.47. The van der Waals surface area contributed by atoms with E-state index in [0.29, 0.717) is 33.2 Å². The van der Waals surface area contributed by atoms with E-state index in [1.807, 2.05) is 30.3 Å². The van der Waals surface area contributed by atoms with Gasteiger partial charge in [0.15, 0.2) is 0 Å². The zero-order valence-corrected chi connectivity index (χ0v) is 16.8. The SMILES string of the molecule is O=c1[nH]c2cc(-c3nc(-c4ccccc4)no3)ccc2c(=O)n1Cc1ccc(Cl)cc1. The van der Waals surface area contributed by atoms with Gasteiger partial charge in [0, 0.05) is 16.1 Å². The monoisotopic (exact) mass is 430 g/mol. The van der Waals surface area contributed by atoms with Crippen molar-refractivity contribution in [2.75, 3.05) is 0 Å². The minimum absolute atomic E-state index is 0.146. The number of fused-ring (bicyclic) bond motifs is 1. The third-order valence-corrected chi connectivity index (χ3v) is 5.19. The van der Waals surface area contributed by atoms with Crippen molar-refractivity contribution in [2.24, 2.45) is 0 Å². The van der Waals surface area contributed by atoms with Crippen molar-refractivity contribution in [3.63, 3.8) is 0 Å². The molecule has 2 aromatic heterocycles. The van der Waals surface area contributed by atoms with Crippen LogP contribution in [0.25, 0.3) is 33.7 Å². The van der Waals surface area contributed by atoms with Gasteiger partial charge in [-0.1, -0.05) is 59.2 Å². The van der Waals surface area contributed by atoms with E-state index >= 15 is 0 Å². The number of halogens is 1. The smallest absolute Gasteiger partial charge is 0.329 e. The number of aromatic amines is 1. The molecule has 0 spiro atoms. The molecule has 7 nitrogen and oxygen atoms in total. The first kappa shape index (κ1) is 19.0. The summed E-state index contributed by atoms with van der Waals surface area (Å²) in [5.74, 6) is 0.759. The van der Waals surface area contributed by atoms with Crippen molar-refractivity contribution in [2.45, 2.75) is 6.54 Å². The van der Waals surface area contributed by atoms with E-state index in [4.69, 9.17) is 16.1 Å². The summed E-state index contributed by atoms with van der Waals surface area (Å²) in [5, 5.41) is 4.99. The lowest BCUT2D eigenvalue weighted by Gasteiger charge is -2.07. The van der Waals surface area contributed by atoms with Crippen LogP contribution in [0.3, 0.4) is 0 Å². The van der Waals surface area contributed by atoms with Crippen LogP contribution in [0.5, 0.6) is 0 Å². The van der Waals surface area contributed by atoms with Crippen molar-refractivity contribution < 1.29 is 4.52 Å². The van der Waals surface area contributed by atoms with Gasteiger partial charge in [-0.05, 0) is 35.9 Å². The Labute approximate surface area is 180 Å². The Morgan fingerprint density at radius 1 is 0.935 bits per heavy atom. The second-order valence-electron chi connectivity index (χ2n) is 7.00. The zero-order valence-electron chi connectivity index (χ0n) is 16.1. The van der Waals surface area contributed by atoms with Crippen LogP contribution in [-0.2, 0) is 6.54 Å². The highest BCUT2D eigenvalue weighted by Crippen LogP contribution is 2.23. The van der Waals surface area contributed by atoms with Crippen LogP contribution in [0.2, 0.25) is 5.02 Å². The minimum Gasteiger partial charge on any atom is -0.334 e. The maximum atomic E-state index is 12.9. The molecule has 152 valence electrons. The number of rotatable bonds is 4. The van der Waals surface area contributed by atoms with E-state index in [2.05, 4.69) is 15.1 Å². The van der Waals surface area contributed by atoms with Crippen LogP contribution in [-0.4, -0.2) is 19.7 Å². The molecule has 1 N–H and O–H groups in total. The first-order valence-corrected chi connectivity index (χ1v) is 9.87. The molecule has 0 radical (unpaired) electrons. The van der Waals surface area contributed by atoms with Gasteiger partial charge in [-0.2, -0.15) is 4.98 Å². The molecule has 0 aliphatic rings. The molecule has 0 aliphatic heterocycles. The molecule has 0 amide bonds. The second-order valence-corrected chi connectivity index (χ2v) is 7.43. The fraction of sp³-hybridized carbons (Fsp3) is 0.0435. The van der Waals surface area contributed by atoms with Gasteiger partial charge in [0.25, 0.3) is 11.4 Å². The fourth-order valence-electron chi connectivity index (χ4n) is 3.35. The van der Waals surface area contributed by atoms with Crippen molar-refractivity contribution in [1.82, 2.24) is 19.7 Å². The molecule has 2 heterocycles. The number of nitrogens with zero attached hydrogens (tertiary/aromatic N) is 3. The van der Waals surface area contributed by atoms with Crippen LogP contribution in [0.4, 0.5) is 0 Å². The van der Waals surface area contributed by atoms with Crippen molar-refractivity contribution >= 4 is 22.5 Å². The maximum Gasteiger partial charge on any atom is 0.329 e. The first-order chi connectivity index (χ1) is 15.1. The number of benzene rings is 3. The van der Waals surface area contributed by atoms with Crippen LogP contribution >= 0.6 is 11.6 Å². The molecule has 5 aromatic rings. The number of aromatic nitrogens is 4. The van der Waals surface area contributed by atoms with Crippen LogP contribution in [0, 0.1) is 0 Å². The third-order valence-electron chi connectivity index (χ3n) is 4.94. The van der Waals surface area contributed by atoms with Gasteiger partial charge < -0.3 is 9.51 Å². The van der Waals surface area contributed by atoms with E-state index in [9.17, 15) is 9.59 Å². The Morgan fingerprint density at radius 2 is 1.71 bits per heavy atom. The molecule has 31 heavy (non-hydrogen) atoms.